The highest BCUT2D eigenvalue weighted by Crippen LogP contribution is 2.22. The molecule has 0 aliphatic heterocycles. The van der Waals surface area contributed by atoms with Gasteiger partial charge in [-0.25, -0.2) is 0 Å². The van der Waals surface area contributed by atoms with Gasteiger partial charge in [0, 0.05) is 49.5 Å². The number of benzene rings is 1. The number of nitrogens with one attached hydrogen (secondary N) is 1. The number of fused-ring (bicyclic) bond motifs is 1. The van der Waals surface area contributed by atoms with E-state index in [4.69, 9.17) is 0 Å². The summed E-state index contributed by atoms with van der Waals surface area (Å²) in [6, 6.07) is 10.4. The smallest absolute Gasteiger partial charge is 0.0438 e. The van der Waals surface area contributed by atoms with Crippen molar-refractivity contribution in [1.29, 1.82) is 0 Å². The summed E-state index contributed by atoms with van der Waals surface area (Å²) in [6.07, 6.45) is 7.91. The molecule has 0 bridgehead atoms. The van der Waals surface area contributed by atoms with Crippen LogP contribution in [-0.4, -0.2) is 9.55 Å². The van der Waals surface area contributed by atoms with E-state index in [1.54, 1.807) is 0 Å². The summed E-state index contributed by atoms with van der Waals surface area (Å²) in [7, 11) is 2.03. The molecule has 0 spiro atoms. The first-order chi connectivity index (χ1) is 8.83. The van der Waals surface area contributed by atoms with Crippen LogP contribution in [0.4, 0.5) is 5.69 Å². The number of hydrogen-bond acceptors (Lipinski definition) is 2. The standard InChI is InChI=1S/C15H15N3/c1-18-8-6-12(11-18)9-17-15-4-2-3-13-5-7-16-10-14(13)15/h2-8,10-11,17H,9H2,1H3. The van der Waals surface area contributed by atoms with Crippen molar-refractivity contribution in [2.75, 3.05) is 5.32 Å². The molecule has 3 aromatic rings. The van der Waals surface area contributed by atoms with Gasteiger partial charge in [-0.05, 0) is 29.1 Å². The van der Waals surface area contributed by atoms with Crippen molar-refractivity contribution in [3.8, 4) is 0 Å². The second-order valence-corrected chi connectivity index (χ2v) is 4.44. The van der Waals surface area contributed by atoms with Crippen LogP contribution >= 0.6 is 0 Å². The first-order valence-electron chi connectivity index (χ1n) is 6.00. The van der Waals surface area contributed by atoms with Gasteiger partial charge in [-0.2, -0.15) is 0 Å². The number of rotatable bonds is 3. The minimum Gasteiger partial charge on any atom is -0.380 e. The number of nitrogens with zero attached hydrogens (tertiary/aromatic N) is 2. The van der Waals surface area contributed by atoms with Gasteiger partial charge in [0.1, 0.15) is 0 Å². The minimum absolute atomic E-state index is 0.828. The molecule has 2 heterocycles. The number of aromatic nitrogens is 2. The second kappa shape index (κ2) is 4.53. The van der Waals surface area contributed by atoms with Gasteiger partial charge in [-0.15, -0.1) is 0 Å². The van der Waals surface area contributed by atoms with E-state index in [2.05, 4.69) is 51.5 Å². The lowest BCUT2D eigenvalue weighted by molar-refractivity contribution is 0.920. The van der Waals surface area contributed by atoms with Gasteiger partial charge in [0.25, 0.3) is 0 Å². The topological polar surface area (TPSA) is 29.9 Å². The highest BCUT2D eigenvalue weighted by atomic mass is 14.9. The Bertz CT molecular complexity index is 665. The molecule has 1 N–H and O–H groups in total. The third-order valence-electron chi connectivity index (χ3n) is 3.06. The van der Waals surface area contributed by atoms with E-state index in [-0.39, 0.29) is 0 Å². The lowest BCUT2D eigenvalue weighted by atomic mass is 10.1. The summed E-state index contributed by atoms with van der Waals surface area (Å²) in [5.74, 6) is 0. The first kappa shape index (κ1) is 10.8. The fourth-order valence-electron chi connectivity index (χ4n) is 2.13. The van der Waals surface area contributed by atoms with Gasteiger partial charge in [-0.3, -0.25) is 4.98 Å². The average molecular weight is 237 g/mol. The van der Waals surface area contributed by atoms with Gasteiger partial charge in [0.05, 0.1) is 0 Å². The maximum Gasteiger partial charge on any atom is 0.0438 e. The largest absolute Gasteiger partial charge is 0.380 e. The fourth-order valence-corrected chi connectivity index (χ4v) is 2.13. The van der Waals surface area contributed by atoms with Crippen molar-refractivity contribution in [2.24, 2.45) is 7.05 Å². The minimum atomic E-state index is 0.828. The van der Waals surface area contributed by atoms with Crippen molar-refractivity contribution in [2.45, 2.75) is 6.54 Å². The normalized spacial score (nSPS) is 10.7. The van der Waals surface area contributed by atoms with Gasteiger partial charge in [0.2, 0.25) is 0 Å². The van der Waals surface area contributed by atoms with Crippen LogP contribution in [0, 0.1) is 0 Å². The summed E-state index contributed by atoms with van der Waals surface area (Å²) in [4.78, 5) is 4.19. The van der Waals surface area contributed by atoms with Crippen LogP contribution in [-0.2, 0) is 13.6 Å². The van der Waals surface area contributed by atoms with Crippen molar-refractivity contribution < 1.29 is 0 Å². The molecule has 1 aromatic carbocycles. The monoisotopic (exact) mass is 237 g/mol. The summed E-state index contributed by atoms with van der Waals surface area (Å²) in [5, 5.41) is 5.84. The molecular weight excluding hydrogens is 222 g/mol. The van der Waals surface area contributed by atoms with E-state index in [0.29, 0.717) is 0 Å². The Balaban J connectivity index is 1.86. The van der Waals surface area contributed by atoms with Crippen molar-refractivity contribution in [3.05, 3.63) is 60.7 Å². The fraction of sp³-hybridized carbons (Fsp3) is 0.133. The average Bonchev–Trinajstić information content (AvgIpc) is 2.82. The van der Waals surface area contributed by atoms with Crippen LogP contribution in [0.3, 0.4) is 0 Å². The Labute approximate surface area is 106 Å². The molecule has 0 amide bonds. The Morgan fingerprint density at radius 3 is 3.00 bits per heavy atom. The third kappa shape index (κ3) is 2.07. The van der Waals surface area contributed by atoms with E-state index < -0.39 is 0 Å². The van der Waals surface area contributed by atoms with Crippen LogP contribution in [0.1, 0.15) is 5.56 Å². The molecule has 0 aliphatic rings. The predicted molar refractivity (Wildman–Crippen MR) is 74.5 cm³/mol. The maximum atomic E-state index is 4.19. The third-order valence-corrected chi connectivity index (χ3v) is 3.06. The zero-order valence-corrected chi connectivity index (χ0v) is 10.3. The molecule has 18 heavy (non-hydrogen) atoms. The molecule has 3 rings (SSSR count). The van der Waals surface area contributed by atoms with Crippen molar-refractivity contribution in [1.82, 2.24) is 9.55 Å². The zero-order chi connectivity index (χ0) is 12.4. The second-order valence-electron chi connectivity index (χ2n) is 4.44. The molecule has 90 valence electrons. The summed E-state index contributed by atoms with van der Waals surface area (Å²) in [6.45, 7) is 0.828. The van der Waals surface area contributed by atoms with E-state index in [1.165, 1.54) is 10.9 Å². The van der Waals surface area contributed by atoms with E-state index in [1.807, 2.05) is 25.5 Å². The number of hydrogen-bond donors (Lipinski definition) is 1. The number of anilines is 1. The molecule has 0 radical (unpaired) electrons. The maximum absolute atomic E-state index is 4.19. The Kier molecular flexibility index (Phi) is 2.73. The van der Waals surface area contributed by atoms with E-state index in [9.17, 15) is 0 Å². The molecule has 3 nitrogen and oxygen atoms in total. The molecule has 0 aliphatic carbocycles. The Hall–Kier alpha value is -2.29. The molecule has 0 fully saturated rings. The van der Waals surface area contributed by atoms with Crippen molar-refractivity contribution in [3.63, 3.8) is 0 Å². The summed E-state index contributed by atoms with van der Waals surface area (Å²) < 4.78 is 2.06. The molecule has 0 saturated heterocycles. The van der Waals surface area contributed by atoms with Crippen LogP contribution in [0.5, 0.6) is 0 Å². The van der Waals surface area contributed by atoms with Crippen LogP contribution in [0.2, 0.25) is 0 Å². The SMILES string of the molecule is Cn1ccc(CNc2cccc3ccncc23)c1. The quantitative estimate of drug-likeness (QED) is 0.758. The molecular formula is C15H15N3. The van der Waals surface area contributed by atoms with Gasteiger partial charge in [-0.1, -0.05) is 12.1 Å². The number of pyridine rings is 1. The molecule has 3 heteroatoms. The number of aryl methyl sites for hydroxylation is 1. The summed E-state index contributed by atoms with van der Waals surface area (Å²) in [5.41, 5.74) is 2.41. The van der Waals surface area contributed by atoms with Crippen molar-refractivity contribution >= 4 is 16.5 Å². The van der Waals surface area contributed by atoms with E-state index >= 15 is 0 Å². The molecule has 0 saturated carbocycles. The highest BCUT2D eigenvalue weighted by molar-refractivity contribution is 5.92. The first-order valence-corrected chi connectivity index (χ1v) is 6.00. The Morgan fingerprint density at radius 1 is 1.22 bits per heavy atom. The molecule has 0 atom stereocenters. The summed E-state index contributed by atoms with van der Waals surface area (Å²) >= 11 is 0. The van der Waals surface area contributed by atoms with Gasteiger partial charge < -0.3 is 9.88 Å². The Morgan fingerprint density at radius 2 is 2.17 bits per heavy atom. The van der Waals surface area contributed by atoms with Crippen LogP contribution in [0.25, 0.3) is 10.8 Å². The molecule has 0 unspecified atom stereocenters. The van der Waals surface area contributed by atoms with Gasteiger partial charge in [0.15, 0.2) is 0 Å². The van der Waals surface area contributed by atoms with Crippen LogP contribution in [0.15, 0.2) is 55.1 Å². The van der Waals surface area contributed by atoms with Crippen LogP contribution < -0.4 is 5.32 Å². The van der Waals surface area contributed by atoms with Gasteiger partial charge >= 0.3 is 0 Å². The lowest BCUT2D eigenvalue weighted by Crippen LogP contribution is -1.99. The molecule has 2 aromatic heterocycles. The highest BCUT2D eigenvalue weighted by Gasteiger charge is 2.00. The lowest BCUT2D eigenvalue weighted by Gasteiger charge is -2.08. The zero-order valence-electron chi connectivity index (χ0n) is 10.3. The van der Waals surface area contributed by atoms with E-state index in [0.717, 1.165) is 17.6 Å². The predicted octanol–water partition coefficient (Wildman–Crippen LogP) is 3.19.